The van der Waals surface area contributed by atoms with Crippen molar-refractivity contribution in [2.45, 2.75) is 29.7 Å². The molecule has 0 amide bonds. The fourth-order valence-corrected chi connectivity index (χ4v) is 4.22. The fourth-order valence-electron chi connectivity index (χ4n) is 3.03. The van der Waals surface area contributed by atoms with E-state index in [4.69, 9.17) is 10.3 Å². The van der Waals surface area contributed by atoms with Crippen LogP contribution >= 0.6 is 12.4 Å². The highest BCUT2D eigenvalue weighted by Crippen LogP contribution is 2.37. The SMILES string of the molecule is CN(c1ccccc1)S(=O)(=O)c1ccc(-c2nc(C3(N)CCC3)no2)cc1.Cl. The number of para-hydroxylation sites is 1. The summed E-state index contributed by atoms with van der Waals surface area (Å²) >= 11 is 0. The van der Waals surface area contributed by atoms with Crippen molar-refractivity contribution in [1.29, 1.82) is 0 Å². The van der Waals surface area contributed by atoms with Gasteiger partial charge in [-0.15, -0.1) is 12.4 Å². The van der Waals surface area contributed by atoms with E-state index in [0.29, 0.717) is 23.0 Å². The first-order valence-corrected chi connectivity index (χ1v) is 10.1. The Morgan fingerprint density at radius 3 is 2.29 bits per heavy atom. The van der Waals surface area contributed by atoms with Crippen LogP contribution in [0.3, 0.4) is 0 Å². The van der Waals surface area contributed by atoms with E-state index in [9.17, 15) is 8.42 Å². The number of nitrogens with zero attached hydrogens (tertiary/aromatic N) is 3. The van der Waals surface area contributed by atoms with Gasteiger partial charge in [0.05, 0.1) is 16.1 Å². The van der Waals surface area contributed by atoms with Gasteiger partial charge in [0.15, 0.2) is 5.82 Å². The molecule has 3 aromatic rings. The Labute approximate surface area is 170 Å². The Morgan fingerprint density at radius 2 is 1.71 bits per heavy atom. The molecule has 28 heavy (non-hydrogen) atoms. The number of benzene rings is 2. The lowest BCUT2D eigenvalue weighted by atomic mass is 9.77. The van der Waals surface area contributed by atoms with Crippen LogP contribution in [-0.4, -0.2) is 25.6 Å². The minimum Gasteiger partial charge on any atom is -0.334 e. The molecule has 0 atom stereocenters. The van der Waals surface area contributed by atoms with Crippen molar-refractivity contribution in [1.82, 2.24) is 10.1 Å². The van der Waals surface area contributed by atoms with Crippen LogP contribution in [0, 0.1) is 0 Å². The Kier molecular flexibility index (Phi) is 5.47. The van der Waals surface area contributed by atoms with Crippen LogP contribution in [0.2, 0.25) is 0 Å². The molecular formula is C19H21ClN4O3S. The fraction of sp³-hybridized carbons (Fsp3) is 0.263. The maximum absolute atomic E-state index is 12.8. The van der Waals surface area contributed by atoms with Crippen molar-refractivity contribution in [3.8, 4) is 11.5 Å². The predicted molar refractivity (Wildman–Crippen MR) is 109 cm³/mol. The van der Waals surface area contributed by atoms with E-state index >= 15 is 0 Å². The van der Waals surface area contributed by atoms with E-state index in [1.54, 1.807) is 36.4 Å². The molecule has 148 valence electrons. The number of halogens is 1. The summed E-state index contributed by atoms with van der Waals surface area (Å²) in [6, 6.07) is 15.3. The highest BCUT2D eigenvalue weighted by atomic mass is 35.5. The van der Waals surface area contributed by atoms with Crippen LogP contribution in [0.25, 0.3) is 11.5 Å². The molecule has 1 aliphatic carbocycles. The first kappa shape index (κ1) is 20.3. The zero-order chi connectivity index (χ0) is 19.1. The number of aromatic nitrogens is 2. The van der Waals surface area contributed by atoms with Crippen molar-refractivity contribution in [2.75, 3.05) is 11.4 Å². The molecule has 2 aromatic carbocycles. The summed E-state index contributed by atoms with van der Waals surface area (Å²) in [5.74, 6) is 0.839. The lowest BCUT2D eigenvalue weighted by Crippen LogP contribution is -2.44. The molecule has 0 aliphatic heterocycles. The first-order chi connectivity index (χ1) is 12.9. The van der Waals surface area contributed by atoms with Gasteiger partial charge in [-0.2, -0.15) is 4.98 Å². The molecule has 7 nitrogen and oxygen atoms in total. The number of rotatable bonds is 5. The zero-order valence-electron chi connectivity index (χ0n) is 15.3. The van der Waals surface area contributed by atoms with E-state index in [2.05, 4.69) is 10.1 Å². The average Bonchev–Trinajstić information content (AvgIpc) is 3.17. The highest BCUT2D eigenvalue weighted by molar-refractivity contribution is 7.92. The van der Waals surface area contributed by atoms with Crippen molar-refractivity contribution in [3.05, 3.63) is 60.4 Å². The summed E-state index contributed by atoms with van der Waals surface area (Å²) in [5, 5.41) is 3.99. The topological polar surface area (TPSA) is 102 Å². The Bertz CT molecular complexity index is 1050. The minimum absolute atomic E-state index is 0. The molecule has 1 fully saturated rings. The second-order valence-electron chi connectivity index (χ2n) is 6.77. The third-order valence-corrected chi connectivity index (χ3v) is 6.80. The summed E-state index contributed by atoms with van der Waals surface area (Å²) in [7, 11) is -2.13. The number of sulfonamides is 1. The second-order valence-corrected chi connectivity index (χ2v) is 8.73. The molecule has 1 saturated carbocycles. The van der Waals surface area contributed by atoms with Gasteiger partial charge in [0.25, 0.3) is 15.9 Å². The third kappa shape index (κ3) is 3.50. The number of hydrogen-bond donors (Lipinski definition) is 1. The van der Waals surface area contributed by atoms with E-state index in [-0.39, 0.29) is 17.3 Å². The number of nitrogens with two attached hydrogens (primary N) is 1. The van der Waals surface area contributed by atoms with Crippen LogP contribution in [0.4, 0.5) is 5.69 Å². The molecule has 9 heteroatoms. The lowest BCUT2D eigenvalue weighted by molar-refractivity contribution is 0.229. The molecule has 0 saturated heterocycles. The summed E-state index contributed by atoms with van der Waals surface area (Å²) in [4.78, 5) is 4.57. The van der Waals surface area contributed by atoms with Crippen molar-refractivity contribution in [2.24, 2.45) is 5.73 Å². The normalized spacial score (nSPS) is 15.4. The third-order valence-electron chi connectivity index (χ3n) is 5.00. The molecule has 0 bridgehead atoms. The van der Waals surface area contributed by atoms with Gasteiger partial charge in [0.2, 0.25) is 0 Å². The van der Waals surface area contributed by atoms with Gasteiger partial charge in [-0.3, -0.25) is 4.31 Å². The summed E-state index contributed by atoms with van der Waals surface area (Å²) in [5.41, 5.74) is 6.96. The standard InChI is InChI=1S/C19H20N4O3S.ClH/c1-23(15-6-3-2-4-7-15)27(24,25)16-10-8-14(9-11-16)17-21-18(22-26-17)19(20)12-5-13-19;/h2-4,6-11H,5,12-13,20H2,1H3;1H. The van der Waals surface area contributed by atoms with Crippen LogP contribution in [-0.2, 0) is 15.6 Å². The molecule has 4 rings (SSSR count). The molecule has 0 unspecified atom stereocenters. The van der Waals surface area contributed by atoms with E-state index < -0.39 is 15.6 Å². The molecule has 1 aliphatic rings. The average molecular weight is 421 g/mol. The first-order valence-electron chi connectivity index (χ1n) is 8.68. The van der Waals surface area contributed by atoms with Gasteiger partial charge in [-0.25, -0.2) is 8.42 Å². The van der Waals surface area contributed by atoms with Gasteiger partial charge < -0.3 is 10.3 Å². The van der Waals surface area contributed by atoms with Gasteiger partial charge in [0, 0.05) is 12.6 Å². The number of hydrogen-bond acceptors (Lipinski definition) is 6. The summed E-state index contributed by atoms with van der Waals surface area (Å²) in [6.07, 6.45) is 2.74. The van der Waals surface area contributed by atoms with Crippen LogP contribution in [0.5, 0.6) is 0 Å². The largest absolute Gasteiger partial charge is 0.334 e. The van der Waals surface area contributed by atoms with E-state index in [1.165, 1.54) is 23.5 Å². The Balaban J connectivity index is 0.00000225. The highest BCUT2D eigenvalue weighted by Gasteiger charge is 2.39. The molecule has 0 radical (unpaired) electrons. The predicted octanol–water partition coefficient (Wildman–Crippen LogP) is 3.32. The van der Waals surface area contributed by atoms with Gasteiger partial charge >= 0.3 is 0 Å². The van der Waals surface area contributed by atoms with Gasteiger partial charge in [-0.1, -0.05) is 23.4 Å². The summed E-state index contributed by atoms with van der Waals surface area (Å²) < 4.78 is 32.2. The van der Waals surface area contributed by atoms with E-state index in [1.807, 2.05) is 6.07 Å². The molecule has 1 aromatic heterocycles. The van der Waals surface area contributed by atoms with Crippen LogP contribution in [0.1, 0.15) is 25.1 Å². The summed E-state index contributed by atoms with van der Waals surface area (Å²) in [6.45, 7) is 0. The van der Waals surface area contributed by atoms with Crippen molar-refractivity contribution < 1.29 is 12.9 Å². The Morgan fingerprint density at radius 1 is 1.07 bits per heavy atom. The monoisotopic (exact) mass is 420 g/mol. The quantitative estimate of drug-likeness (QED) is 0.679. The maximum Gasteiger partial charge on any atom is 0.264 e. The Hall–Kier alpha value is -2.42. The zero-order valence-corrected chi connectivity index (χ0v) is 16.9. The maximum atomic E-state index is 12.8. The lowest BCUT2D eigenvalue weighted by Gasteiger charge is -2.34. The molecule has 2 N–H and O–H groups in total. The smallest absolute Gasteiger partial charge is 0.264 e. The van der Waals surface area contributed by atoms with Crippen molar-refractivity contribution >= 4 is 28.1 Å². The van der Waals surface area contributed by atoms with Crippen molar-refractivity contribution in [3.63, 3.8) is 0 Å². The molecule has 0 spiro atoms. The second kappa shape index (κ2) is 7.54. The van der Waals surface area contributed by atoms with E-state index in [0.717, 1.165) is 19.3 Å². The van der Waals surface area contributed by atoms with Crippen LogP contribution < -0.4 is 10.0 Å². The molecule has 1 heterocycles. The van der Waals surface area contributed by atoms with Gasteiger partial charge in [-0.05, 0) is 55.7 Å². The molecular weight excluding hydrogens is 400 g/mol. The number of anilines is 1. The minimum atomic E-state index is -3.66. The van der Waals surface area contributed by atoms with Crippen LogP contribution in [0.15, 0.2) is 64.0 Å². The van der Waals surface area contributed by atoms with Gasteiger partial charge in [0.1, 0.15) is 0 Å².